The number of carbonyl (C=O) groups is 1. The summed E-state index contributed by atoms with van der Waals surface area (Å²) in [4.78, 5) is 16.2. The molecule has 1 fully saturated rings. The van der Waals surface area contributed by atoms with Gasteiger partial charge in [-0.1, -0.05) is 5.16 Å². The van der Waals surface area contributed by atoms with Crippen LogP contribution in [-0.4, -0.2) is 33.8 Å². The molecule has 1 saturated heterocycles. The van der Waals surface area contributed by atoms with Crippen molar-refractivity contribution in [1.29, 1.82) is 0 Å². The zero-order valence-corrected chi connectivity index (χ0v) is 12.0. The lowest BCUT2D eigenvalue weighted by molar-refractivity contribution is -0.159. The van der Waals surface area contributed by atoms with Crippen LogP contribution in [0.1, 0.15) is 18.7 Å². The Labute approximate surface area is 132 Å². The van der Waals surface area contributed by atoms with Crippen molar-refractivity contribution in [2.24, 2.45) is 0 Å². The molecule has 1 aromatic heterocycles. The number of aliphatic hydroxyl groups excluding tert-OH is 1. The first-order chi connectivity index (χ1) is 11.3. The normalized spacial score (nSPS) is 18.5. The van der Waals surface area contributed by atoms with Crippen molar-refractivity contribution in [1.82, 2.24) is 10.1 Å². The second-order valence-electron chi connectivity index (χ2n) is 5.22. The highest BCUT2D eigenvalue weighted by atomic mass is 19.4. The second kappa shape index (κ2) is 5.86. The topological polar surface area (TPSA) is 79.5 Å². The Bertz CT molecular complexity index is 775. The molecule has 6 nitrogen and oxygen atoms in total. The maximum atomic E-state index is 14.2. The molecule has 2 aromatic rings. The Morgan fingerprint density at radius 2 is 2.12 bits per heavy atom. The monoisotopic (exact) mass is 345 g/mol. The van der Waals surface area contributed by atoms with Gasteiger partial charge in [0.05, 0.1) is 18.2 Å². The molecule has 128 valence electrons. The van der Waals surface area contributed by atoms with Crippen LogP contribution in [0.15, 0.2) is 22.7 Å². The fourth-order valence-corrected chi connectivity index (χ4v) is 2.55. The number of halogens is 4. The van der Waals surface area contributed by atoms with E-state index >= 15 is 0 Å². The Kier molecular flexibility index (Phi) is 3.99. The zero-order valence-electron chi connectivity index (χ0n) is 12.0. The number of anilines is 1. The average Bonchev–Trinajstić information content (AvgIpc) is 3.13. The summed E-state index contributed by atoms with van der Waals surface area (Å²) in [7, 11) is 0. The van der Waals surface area contributed by atoms with Crippen LogP contribution in [0.4, 0.5) is 23.2 Å². The molecule has 1 aliphatic heterocycles. The van der Waals surface area contributed by atoms with Gasteiger partial charge in [0.2, 0.25) is 11.7 Å². The van der Waals surface area contributed by atoms with E-state index in [0.717, 1.165) is 12.1 Å². The molecule has 2 heterocycles. The van der Waals surface area contributed by atoms with Crippen LogP contribution in [0, 0.1) is 5.82 Å². The summed E-state index contributed by atoms with van der Waals surface area (Å²) in [5.74, 6) is -3.28. The summed E-state index contributed by atoms with van der Waals surface area (Å²) in [6.45, 7) is -0.269. The Morgan fingerprint density at radius 3 is 2.71 bits per heavy atom. The number of hydrogen-bond donors (Lipinski definition) is 1. The van der Waals surface area contributed by atoms with Crippen LogP contribution in [0.25, 0.3) is 11.4 Å². The quantitative estimate of drug-likeness (QED) is 0.864. The van der Waals surface area contributed by atoms with Gasteiger partial charge in [-0.2, -0.15) is 18.2 Å². The maximum Gasteiger partial charge on any atom is 0.471 e. The van der Waals surface area contributed by atoms with Gasteiger partial charge in [-0.3, -0.25) is 4.79 Å². The fourth-order valence-electron chi connectivity index (χ4n) is 2.55. The summed E-state index contributed by atoms with van der Waals surface area (Å²) >= 11 is 0. The van der Waals surface area contributed by atoms with E-state index in [0.29, 0.717) is 6.42 Å². The van der Waals surface area contributed by atoms with Gasteiger partial charge in [-0.15, -0.1) is 0 Å². The van der Waals surface area contributed by atoms with Gasteiger partial charge in [-0.25, -0.2) is 4.39 Å². The Balaban J connectivity index is 1.93. The van der Waals surface area contributed by atoms with E-state index in [4.69, 9.17) is 0 Å². The predicted octanol–water partition coefficient (Wildman–Crippen LogP) is 2.38. The van der Waals surface area contributed by atoms with Crippen molar-refractivity contribution >= 4 is 11.6 Å². The summed E-state index contributed by atoms with van der Waals surface area (Å²) in [6, 6.07) is 3.05. The Hall–Kier alpha value is -2.49. The van der Waals surface area contributed by atoms with Crippen molar-refractivity contribution in [2.75, 3.05) is 11.5 Å². The van der Waals surface area contributed by atoms with E-state index in [-0.39, 0.29) is 30.2 Å². The molecule has 1 N–H and O–H groups in total. The van der Waals surface area contributed by atoms with Gasteiger partial charge in [-0.05, 0) is 24.6 Å². The highest BCUT2D eigenvalue weighted by molar-refractivity contribution is 5.96. The minimum atomic E-state index is -4.82. The van der Waals surface area contributed by atoms with Crippen molar-refractivity contribution in [3.8, 4) is 11.4 Å². The number of rotatable bonds is 3. The highest BCUT2D eigenvalue weighted by Gasteiger charge is 2.39. The molecule has 0 saturated carbocycles. The minimum absolute atomic E-state index is 0.206. The molecule has 0 aliphatic carbocycles. The van der Waals surface area contributed by atoms with Crippen LogP contribution in [0.5, 0.6) is 0 Å². The second-order valence-corrected chi connectivity index (χ2v) is 5.22. The Morgan fingerprint density at radius 1 is 1.38 bits per heavy atom. The molecule has 3 rings (SSSR count). The van der Waals surface area contributed by atoms with Gasteiger partial charge in [0.1, 0.15) is 5.82 Å². The first-order valence-electron chi connectivity index (χ1n) is 6.95. The van der Waals surface area contributed by atoms with E-state index in [2.05, 4.69) is 14.7 Å². The van der Waals surface area contributed by atoms with Crippen molar-refractivity contribution in [3.05, 3.63) is 29.9 Å². The van der Waals surface area contributed by atoms with Crippen LogP contribution >= 0.6 is 0 Å². The number of alkyl halides is 3. The van der Waals surface area contributed by atoms with Crippen molar-refractivity contribution in [2.45, 2.75) is 25.1 Å². The number of benzene rings is 1. The van der Waals surface area contributed by atoms with E-state index in [1.54, 1.807) is 0 Å². The molecule has 0 spiro atoms. The third-order valence-corrected chi connectivity index (χ3v) is 3.68. The van der Waals surface area contributed by atoms with Gasteiger partial charge in [0.25, 0.3) is 0 Å². The van der Waals surface area contributed by atoms with Crippen LogP contribution in [0.3, 0.4) is 0 Å². The number of aromatic nitrogens is 2. The lowest BCUT2D eigenvalue weighted by Gasteiger charge is -2.23. The van der Waals surface area contributed by atoms with Gasteiger partial charge in [0, 0.05) is 12.1 Å². The molecule has 0 bridgehead atoms. The number of nitrogens with zero attached hydrogens (tertiary/aromatic N) is 3. The first kappa shape index (κ1) is 16.4. The van der Waals surface area contributed by atoms with Crippen molar-refractivity contribution in [3.63, 3.8) is 0 Å². The van der Waals surface area contributed by atoms with Gasteiger partial charge < -0.3 is 14.5 Å². The third kappa shape index (κ3) is 2.84. The molecular formula is C14H11F4N3O3. The summed E-state index contributed by atoms with van der Waals surface area (Å²) in [5, 5.41) is 12.4. The maximum absolute atomic E-state index is 14.2. The summed E-state index contributed by atoms with van der Waals surface area (Å²) in [6.07, 6.45) is -4.15. The molecule has 1 atom stereocenters. The van der Waals surface area contributed by atoms with Crippen LogP contribution < -0.4 is 4.90 Å². The summed E-state index contributed by atoms with van der Waals surface area (Å²) in [5.41, 5.74) is -0.0810. The number of amides is 1. The number of hydrogen-bond acceptors (Lipinski definition) is 5. The molecule has 0 unspecified atom stereocenters. The molecule has 1 aromatic carbocycles. The SMILES string of the molecule is O=C1CC[C@@H](CO)N1c1ccc(-c2noc(C(F)(F)F)n2)c(F)c1. The van der Waals surface area contributed by atoms with E-state index in [9.17, 15) is 27.5 Å². The molecular weight excluding hydrogens is 334 g/mol. The van der Waals surface area contributed by atoms with E-state index in [1.807, 2.05) is 0 Å². The molecule has 10 heteroatoms. The molecule has 1 aliphatic rings. The minimum Gasteiger partial charge on any atom is -0.394 e. The smallest absolute Gasteiger partial charge is 0.394 e. The molecule has 24 heavy (non-hydrogen) atoms. The van der Waals surface area contributed by atoms with E-state index < -0.39 is 29.8 Å². The molecule has 1 amide bonds. The fraction of sp³-hybridized carbons (Fsp3) is 0.357. The number of carbonyl (C=O) groups excluding carboxylic acids is 1. The average molecular weight is 345 g/mol. The molecule has 0 radical (unpaired) electrons. The van der Waals surface area contributed by atoms with E-state index in [1.165, 1.54) is 11.0 Å². The van der Waals surface area contributed by atoms with Gasteiger partial charge in [0.15, 0.2) is 0 Å². The van der Waals surface area contributed by atoms with Crippen LogP contribution in [-0.2, 0) is 11.0 Å². The summed E-state index contributed by atoms with van der Waals surface area (Å²) < 4.78 is 55.7. The van der Waals surface area contributed by atoms with Crippen LogP contribution in [0.2, 0.25) is 0 Å². The first-order valence-corrected chi connectivity index (χ1v) is 6.95. The van der Waals surface area contributed by atoms with Gasteiger partial charge >= 0.3 is 12.1 Å². The largest absolute Gasteiger partial charge is 0.471 e. The lowest BCUT2D eigenvalue weighted by Crippen LogP contribution is -2.35. The number of aliphatic hydroxyl groups is 1. The zero-order chi connectivity index (χ0) is 17.5. The van der Waals surface area contributed by atoms with Crippen molar-refractivity contribution < 1.29 is 32.0 Å². The lowest BCUT2D eigenvalue weighted by atomic mass is 10.1. The standard InChI is InChI=1S/C14H11F4N3O3/c15-10-5-7(21-8(6-22)2-4-11(21)23)1-3-9(10)12-19-13(24-20-12)14(16,17)18/h1,3,5,8,22H,2,4,6H2/t8-/m0/s1. The predicted molar refractivity (Wildman–Crippen MR) is 72.3 cm³/mol. The third-order valence-electron chi connectivity index (χ3n) is 3.68. The highest BCUT2D eigenvalue weighted by Crippen LogP contribution is 2.32.